The molecule has 2 N–H and O–H groups in total. The Bertz CT molecular complexity index is 671. The average Bonchev–Trinajstić information content (AvgIpc) is 2.47. The number of carbonyl (C=O) groups is 1. The van der Waals surface area contributed by atoms with Gasteiger partial charge in [-0.3, -0.25) is 4.79 Å². The molecule has 0 spiro atoms. The van der Waals surface area contributed by atoms with E-state index in [9.17, 15) is 4.79 Å². The van der Waals surface area contributed by atoms with Crippen LogP contribution in [0.5, 0.6) is 5.75 Å². The molecule has 1 aromatic carbocycles. The number of carbonyl (C=O) groups excluding carboxylic acids is 1. The summed E-state index contributed by atoms with van der Waals surface area (Å²) in [7, 11) is 1.61. The fourth-order valence-electron chi connectivity index (χ4n) is 1.94. The lowest BCUT2D eigenvalue weighted by Crippen LogP contribution is -2.30. The summed E-state index contributed by atoms with van der Waals surface area (Å²) in [6.07, 6.45) is 1.36. The highest BCUT2D eigenvalue weighted by atomic mass is 16.5. The molecule has 0 aliphatic carbocycles. The van der Waals surface area contributed by atoms with Crippen LogP contribution in [-0.2, 0) is 0 Å². The molecule has 6 nitrogen and oxygen atoms in total. The Kier molecular flexibility index (Phi) is 4.93. The standard InChI is InChI=1S/C16H20N4O2/c1-10(2)19-16(21)13-8-15(18-9-17-13)20-12-7-11(3)5-6-14(12)22-4/h5-10H,1-4H3,(H,19,21)(H,17,18,20). The number of hydrogen-bond donors (Lipinski definition) is 2. The topological polar surface area (TPSA) is 76.1 Å². The predicted molar refractivity (Wildman–Crippen MR) is 85.6 cm³/mol. The number of aromatic nitrogens is 2. The molecule has 2 rings (SSSR count). The molecule has 2 aromatic rings. The zero-order chi connectivity index (χ0) is 16.1. The van der Waals surface area contributed by atoms with Gasteiger partial charge in [0.2, 0.25) is 0 Å². The highest BCUT2D eigenvalue weighted by Crippen LogP contribution is 2.27. The molecule has 0 bridgehead atoms. The molecular formula is C16H20N4O2. The summed E-state index contributed by atoms with van der Waals surface area (Å²) in [5, 5.41) is 5.96. The van der Waals surface area contributed by atoms with E-state index in [1.807, 2.05) is 39.0 Å². The summed E-state index contributed by atoms with van der Waals surface area (Å²) in [6, 6.07) is 7.46. The van der Waals surface area contributed by atoms with Gasteiger partial charge in [0.1, 0.15) is 23.6 Å². The fraction of sp³-hybridized carbons (Fsp3) is 0.312. The van der Waals surface area contributed by atoms with Crippen LogP contribution in [0, 0.1) is 6.92 Å². The number of nitrogens with one attached hydrogen (secondary N) is 2. The first-order chi connectivity index (χ1) is 10.5. The number of hydrogen-bond acceptors (Lipinski definition) is 5. The van der Waals surface area contributed by atoms with Gasteiger partial charge in [-0.1, -0.05) is 6.07 Å². The molecular weight excluding hydrogens is 280 g/mol. The van der Waals surface area contributed by atoms with Crippen molar-refractivity contribution in [1.29, 1.82) is 0 Å². The van der Waals surface area contributed by atoms with Crippen LogP contribution in [0.3, 0.4) is 0 Å². The van der Waals surface area contributed by atoms with Crippen molar-refractivity contribution in [2.75, 3.05) is 12.4 Å². The molecule has 0 unspecified atom stereocenters. The molecule has 0 aliphatic rings. The van der Waals surface area contributed by atoms with E-state index in [1.165, 1.54) is 6.33 Å². The molecule has 1 aromatic heterocycles. The Morgan fingerprint density at radius 2 is 2.00 bits per heavy atom. The number of aryl methyl sites for hydroxylation is 1. The van der Waals surface area contributed by atoms with Gasteiger partial charge < -0.3 is 15.4 Å². The maximum Gasteiger partial charge on any atom is 0.270 e. The normalized spacial score (nSPS) is 10.4. The third kappa shape index (κ3) is 3.94. The van der Waals surface area contributed by atoms with E-state index < -0.39 is 0 Å². The van der Waals surface area contributed by atoms with Gasteiger partial charge in [-0.05, 0) is 38.5 Å². The second-order valence-electron chi connectivity index (χ2n) is 5.25. The molecule has 0 aliphatic heterocycles. The molecule has 6 heteroatoms. The van der Waals surface area contributed by atoms with Gasteiger partial charge in [-0.2, -0.15) is 0 Å². The minimum Gasteiger partial charge on any atom is -0.495 e. The molecule has 0 radical (unpaired) electrons. The van der Waals surface area contributed by atoms with Crippen molar-refractivity contribution < 1.29 is 9.53 Å². The van der Waals surface area contributed by atoms with Gasteiger partial charge in [0.05, 0.1) is 12.8 Å². The van der Waals surface area contributed by atoms with Crippen LogP contribution in [-0.4, -0.2) is 29.0 Å². The van der Waals surface area contributed by atoms with E-state index in [1.54, 1.807) is 13.2 Å². The fourth-order valence-corrected chi connectivity index (χ4v) is 1.94. The van der Waals surface area contributed by atoms with Crippen LogP contribution >= 0.6 is 0 Å². The van der Waals surface area contributed by atoms with Gasteiger partial charge in [0.15, 0.2) is 0 Å². The molecule has 116 valence electrons. The van der Waals surface area contributed by atoms with E-state index in [0.717, 1.165) is 11.3 Å². The van der Waals surface area contributed by atoms with Crippen molar-refractivity contribution in [1.82, 2.24) is 15.3 Å². The van der Waals surface area contributed by atoms with Crippen molar-refractivity contribution in [3.8, 4) is 5.75 Å². The first-order valence-electron chi connectivity index (χ1n) is 7.04. The second-order valence-corrected chi connectivity index (χ2v) is 5.25. The smallest absolute Gasteiger partial charge is 0.270 e. The molecule has 1 amide bonds. The Hall–Kier alpha value is -2.63. The van der Waals surface area contributed by atoms with Crippen LogP contribution in [0.25, 0.3) is 0 Å². The van der Waals surface area contributed by atoms with Crippen molar-refractivity contribution in [2.24, 2.45) is 0 Å². The Morgan fingerprint density at radius 1 is 1.23 bits per heavy atom. The molecule has 22 heavy (non-hydrogen) atoms. The molecule has 1 heterocycles. The van der Waals surface area contributed by atoms with Crippen molar-refractivity contribution >= 4 is 17.4 Å². The number of ether oxygens (including phenoxy) is 1. The van der Waals surface area contributed by atoms with E-state index in [2.05, 4.69) is 20.6 Å². The van der Waals surface area contributed by atoms with Crippen LogP contribution in [0.1, 0.15) is 29.9 Å². The second kappa shape index (κ2) is 6.89. The van der Waals surface area contributed by atoms with E-state index in [4.69, 9.17) is 4.74 Å². The van der Waals surface area contributed by atoms with Gasteiger partial charge in [0, 0.05) is 12.1 Å². The van der Waals surface area contributed by atoms with Gasteiger partial charge in [0.25, 0.3) is 5.91 Å². The highest BCUT2D eigenvalue weighted by molar-refractivity contribution is 5.93. The van der Waals surface area contributed by atoms with Crippen molar-refractivity contribution in [3.63, 3.8) is 0 Å². The maximum atomic E-state index is 12.0. The summed E-state index contributed by atoms with van der Waals surface area (Å²) < 4.78 is 5.32. The number of rotatable bonds is 5. The van der Waals surface area contributed by atoms with E-state index >= 15 is 0 Å². The monoisotopic (exact) mass is 300 g/mol. The lowest BCUT2D eigenvalue weighted by Gasteiger charge is -2.12. The lowest BCUT2D eigenvalue weighted by molar-refractivity contribution is 0.0938. The van der Waals surface area contributed by atoms with E-state index in [0.29, 0.717) is 17.3 Å². The number of nitrogens with zero attached hydrogens (tertiary/aromatic N) is 2. The Morgan fingerprint density at radius 3 is 2.68 bits per heavy atom. The quantitative estimate of drug-likeness (QED) is 0.888. The number of benzene rings is 1. The SMILES string of the molecule is COc1ccc(C)cc1Nc1cc(C(=O)NC(C)C)ncn1. The average molecular weight is 300 g/mol. The number of methoxy groups -OCH3 is 1. The first-order valence-corrected chi connectivity index (χ1v) is 7.04. The predicted octanol–water partition coefficient (Wildman–Crippen LogP) is 2.68. The summed E-state index contributed by atoms with van der Waals surface area (Å²) in [5.41, 5.74) is 2.20. The molecule has 0 saturated carbocycles. The minimum atomic E-state index is -0.225. The Labute approximate surface area is 129 Å². The third-order valence-electron chi connectivity index (χ3n) is 2.94. The largest absolute Gasteiger partial charge is 0.495 e. The summed E-state index contributed by atoms with van der Waals surface area (Å²) in [6.45, 7) is 5.79. The lowest BCUT2D eigenvalue weighted by atomic mass is 10.2. The van der Waals surface area contributed by atoms with Crippen LogP contribution in [0.4, 0.5) is 11.5 Å². The zero-order valence-corrected chi connectivity index (χ0v) is 13.2. The van der Waals surface area contributed by atoms with Crippen molar-refractivity contribution in [3.05, 3.63) is 41.9 Å². The summed E-state index contributed by atoms with van der Waals surface area (Å²) in [5.74, 6) is 1.02. The molecule has 0 fully saturated rings. The Balaban J connectivity index is 2.24. The summed E-state index contributed by atoms with van der Waals surface area (Å²) >= 11 is 0. The minimum absolute atomic E-state index is 0.0516. The van der Waals surface area contributed by atoms with Gasteiger partial charge in [-0.25, -0.2) is 9.97 Å². The van der Waals surface area contributed by atoms with E-state index in [-0.39, 0.29) is 11.9 Å². The highest BCUT2D eigenvalue weighted by Gasteiger charge is 2.11. The van der Waals surface area contributed by atoms with Crippen LogP contribution in [0.2, 0.25) is 0 Å². The van der Waals surface area contributed by atoms with Crippen LogP contribution < -0.4 is 15.4 Å². The number of anilines is 2. The summed E-state index contributed by atoms with van der Waals surface area (Å²) in [4.78, 5) is 20.1. The third-order valence-corrected chi connectivity index (χ3v) is 2.94. The van der Waals surface area contributed by atoms with Crippen LogP contribution in [0.15, 0.2) is 30.6 Å². The zero-order valence-electron chi connectivity index (χ0n) is 13.2. The van der Waals surface area contributed by atoms with Gasteiger partial charge in [-0.15, -0.1) is 0 Å². The van der Waals surface area contributed by atoms with Crippen molar-refractivity contribution in [2.45, 2.75) is 26.8 Å². The van der Waals surface area contributed by atoms with Gasteiger partial charge >= 0.3 is 0 Å². The molecule has 0 atom stereocenters. The molecule has 0 saturated heterocycles. The first kappa shape index (κ1) is 15.8. The number of amides is 1. The maximum absolute atomic E-state index is 12.0.